The minimum Gasteiger partial charge on any atom is -0.338 e. The fourth-order valence-electron chi connectivity index (χ4n) is 4.10. The summed E-state index contributed by atoms with van der Waals surface area (Å²) in [4.78, 5) is 21.2. The van der Waals surface area contributed by atoms with Crippen LogP contribution in [0.4, 0.5) is 0 Å². The molecular weight excluding hydrogens is 364 g/mol. The molecule has 29 heavy (non-hydrogen) atoms. The molecule has 1 aliphatic rings. The Labute approximate surface area is 171 Å². The lowest BCUT2D eigenvalue weighted by atomic mass is 10.0. The summed E-state index contributed by atoms with van der Waals surface area (Å²) in [7, 11) is 0. The van der Waals surface area contributed by atoms with Gasteiger partial charge < -0.3 is 4.90 Å². The van der Waals surface area contributed by atoms with E-state index in [9.17, 15) is 4.79 Å². The number of fused-ring (bicyclic) bond motifs is 1. The van der Waals surface area contributed by atoms with Gasteiger partial charge in [-0.05, 0) is 44.4 Å². The Morgan fingerprint density at radius 1 is 1.14 bits per heavy atom. The van der Waals surface area contributed by atoms with Gasteiger partial charge in [0.1, 0.15) is 0 Å². The average molecular weight is 393 g/mol. The molecule has 1 aromatic carbocycles. The van der Waals surface area contributed by atoms with Gasteiger partial charge in [-0.3, -0.25) is 14.7 Å². The van der Waals surface area contributed by atoms with E-state index in [-0.39, 0.29) is 5.91 Å². The number of hydrogen-bond acceptors (Lipinski definition) is 5. The van der Waals surface area contributed by atoms with Crippen LogP contribution < -0.4 is 0 Å². The second-order valence-electron chi connectivity index (χ2n) is 7.56. The number of nitrogens with zero attached hydrogens (tertiary/aromatic N) is 6. The Morgan fingerprint density at radius 2 is 1.90 bits per heavy atom. The van der Waals surface area contributed by atoms with Crippen LogP contribution >= 0.6 is 0 Å². The molecule has 3 heterocycles. The average Bonchev–Trinajstić information content (AvgIpc) is 3.26. The van der Waals surface area contributed by atoms with E-state index in [0.717, 1.165) is 38.0 Å². The zero-order chi connectivity index (χ0) is 20.2. The summed E-state index contributed by atoms with van der Waals surface area (Å²) in [5.74, 6) is -0.0387. The van der Waals surface area contributed by atoms with Gasteiger partial charge in [-0.2, -0.15) is 0 Å². The van der Waals surface area contributed by atoms with Crippen molar-refractivity contribution in [3.63, 3.8) is 0 Å². The van der Waals surface area contributed by atoms with Crippen molar-refractivity contribution >= 4 is 16.8 Å². The fraction of sp³-hybridized carbons (Fsp3) is 0.455. The number of likely N-dealkylation sites (tertiary alicyclic amines) is 1. The largest absolute Gasteiger partial charge is 0.338 e. The predicted octanol–water partition coefficient (Wildman–Crippen LogP) is 3.15. The fourth-order valence-corrected chi connectivity index (χ4v) is 4.10. The SMILES string of the molecule is CCN(CC)C(=O)c1cn(C2CCN(Cc3ccnc4ccccc34)CC2)nn1. The number of carbonyl (C=O) groups is 1. The van der Waals surface area contributed by atoms with Crippen LogP contribution in [0.5, 0.6) is 0 Å². The molecule has 1 aliphatic heterocycles. The quantitative estimate of drug-likeness (QED) is 0.645. The summed E-state index contributed by atoms with van der Waals surface area (Å²) in [5, 5.41) is 9.61. The van der Waals surface area contributed by atoms with Crippen LogP contribution in [-0.4, -0.2) is 61.9 Å². The van der Waals surface area contributed by atoms with Gasteiger partial charge in [0, 0.05) is 44.3 Å². The molecule has 152 valence electrons. The van der Waals surface area contributed by atoms with Gasteiger partial charge in [0.2, 0.25) is 0 Å². The lowest BCUT2D eigenvalue weighted by molar-refractivity contribution is 0.0767. The van der Waals surface area contributed by atoms with Crippen molar-refractivity contribution in [1.29, 1.82) is 0 Å². The number of rotatable bonds is 6. The third kappa shape index (κ3) is 4.15. The van der Waals surface area contributed by atoms with Crippen LogP contribution in [0.2, 0.25) is 0 Å². The molecule has 2 aromatic heterocycles. The van der Waals surface area contributed by atoms with Crippen molar-refractivity contribution < 1.29 is 4.79 Å². The zero-order valence-corrected chi connectivity index (χ0v) is 17.2. The first-order valence-corrected chi connectivity index (χ1v) is 10.5. The third-order valence-electron chi connectivity index (χ3n) is 5.84. The highest BCUT2D eigenvalue weighted by molar-refractivity contribution is 5.91. The molecule has 0 unspecified atom stereocenters. The van der Waals surface area contributed by atoms with Crippen molar-refractivity contribution in [1.82, 2.24) is 29.8 Å². The standard InChI is InChI=1S/C22H28N6O/c1-3-27(4-2)22(29)21-16-28(25-24-21)18-10-13-26(14-11-18)15-17-9-12-23-20-8-6-5-7-19(17)20/h5-9,12,16,18H,3-4,10-11,13-15H2,1-2H3. The topological polar surface area (TPSA) is 67.2 Å². The van der Waals surface area contributed by atoms with Gasteiger partial charge >= 0.3 is 0 Å². The highest BCUT2D eigenvalue weighted by Crippen LogP contribution is 2.25. The molecule has 0 bridgehead atoms. The van der Waals surface area contributed by atoms with E-state index in [0.29, 0.717) is 24.8 Å². The Morgan fingerprint density at radius 3 is 2.66 bits per heavy atom. The van der Waals surface area contributed by atoms with Crippen molar-refractivity contribution in [3.05, 3.63) is 54.0 Å². The molecule has 0 atom stereocenters. The summed E-state index contributed by atoms with van der Waals surface area (Å²) in [6.07, 6.45) is 5.72. The number of benzene rings is 1. The molecule has 0 radical (unpaired) electrons. The molecule has 4 rings (SSSR count). The summed E-state index contributed by atoms with van der Waals surface area (Å²) in [5.41, 5.74) is 2.81. The normalized spacial score (nSPS) is 15.7. The van der Waals surface area contributed by atoms with E-state index in [4.69, 9.17) is 0 Å². The molecule has 0 aliphatic carbocycles. The molecular formula is C22H28N6O. The van der Waals surface area contributed by atoms with Crippen molar-refractivity contribution in [3.8, 4) is 0 Å². The first kappa shape index (κ1) is 19.5. The Kier molecular flexibility index (Phi) is 5.85. The second kappa shape index (κ2) is 8.69. The van der Waals surface area contributed by atoms with E-state index < -0.39 is 0 Å². The van der Waals surface area contributed by atoms with Crippen LogP contribution in [-0.2, 0) is 6.54 Å². The van der Waals surface area contributed by atoms with Gasteiger partial charge in [0.25, 0.3) is 5.91 Å². The minimum absolute atomic E-state index is 0.0387. The summed E-state index contributed by atoms with van der Waals surface area (Å²) in [6.45, 7) is 8.26. The van der Waals surface area contributed by atoms with Gasteiger partial charge in [-0.25, -0.2) is 4.68 Å². The Hall–Kier alpha value is -2.80. The molecule has 0 N–H and O–H groups in total. The number of piperidine rings is 1. The number of para-hydroxylation sites is 1. The molecule has 1 saturated heterocycles. The van der Waals surface area contributed by atoms with Crippen LogP contribution in [0, 0.1) is 0 Å². The third-order valence-corrected chi connectivity index (χ3v) is 5.84. The van der Waals surface area contributed by atoms with Gasteiger partial charge in [-0.15, -0.1) is 5.10 Å². The summed E-state index contributed by atoms with van der Waals surface area (Å²) in [6, 6.07) is 10.7. The highest BCUT2D eigenvalue weighted by Gasteiger charge is 2.24. The first-order valence-electron chi connectivity index (χ1n) is 10.5. The van der Waals surface area contributed by atoms with Crippen molar-refractivity contribution in [2.45, 2.75) is 39.3 Å². The maximum Gasteiger partial charge on any atom is 0.276 e. The molecule has 1 amide bonds. The van der Waals surface area contributed by atoms with E-state index >= 15 is 0 Å². The second-order valence-corrected chi connectivity index (χ2v) is 7.56. The van der Waals surface area contributed by atoms with Crippen LogP contribution in [0.15, 0.2) is 42.7 Å². The minimum atomic E-state index is -0.0387. The van der Waals surface area contributed by atoms with E-state index in [1.54, 1.807) is 4.90 Å². The van der Waals surface area contributed by atoms with E-state index in [1.165, 1.54) is 10.9 Å². The lowest BCUT2D eigenvalue weighted by Gasteiger charge is -2.32. The maximum atomic E-state index is 12.5. The molecule has 3 aromatic rings. The monoisotopic (exact) mass is 392 g/mol. The van der Waals surface area contributed by atoms with Crippen LogP contribution in [0.3, 0.4) is 0 Å². The maximum absolute atomic E-state index is 12.5. The smallest absolute Gasteiger partial charge is 0.276 e. The van der Waals surface area contributed by atoms with Crippen molar-refractivity contribution in [2.75, 3.05) is 26.2 Å². The summed E-state index contributed by atoms with van der Waals surface area (Å²) < 4.78 is 1.88. The van der Waals surface area contributed by atoms with Gasteiger partial charge in [0.15, 0.2) is 5.69 Å². The summed E-state index contributed by atoms with van der Waals surface area (Å²) >= 11 is 0. The number of pyridine rings is 1. The predicted molar refractivity (Wildman–Crippen MR) is 113 cm³/mol. The Balaban J connectivity index is 1.38. The van der Waals surface area contributed by atoms with Crippen molar-refractivity contribution in [2.24, 2.45) is 0 Å². The number of amides is 1. The molecule has 7 nitrogen and oxygen atoms in total. The van der Waals surface area contributed by atoms with Crippen LogP contribution in [0.25, 0.3) is 10.9 Å². The highest BCUT2D eigenvalue weighted by atomic mass is 16.2. The first-order chi connectivity index (χ1) is 14.2. The molecule has 1 fully saturated rings. The van der Waals surface area contributed by atoms with E-state index in [2.05, 4.69) is 44.5 Å². The van der Waals surface area contributed by atoms with Gasteiger partial charge in [-0.1, -0.05) is 23.4 Å². The Bertz CT molecular complexity index is 967. The number of hydrogen-bond donors (Lipinski definition) is 0. The molecule has 0 spiro atoms. The molecule has 7 heteroatoms. The number of carbonyl (C=O) groups excluding carboxylic acids is 1. The number of aromatic nitrogens is 4. The zero-order valence-electron chi connectivity index (χ0n) is 17.2. The van der Waals surface area contributed by atoms with Crippen LogP contribution in [0.1, 0.15) is 48.8 Å². The van der Waals surface area contributed by atoms with Gasteiger partial charge in [0.05, 0.1) is 17.8 Å². The molecule has 0 saturated carbocycles. The van der Waals surface area contributed by atoms with E-state index in [1.807, 2.05) is 37.0 Å². The lowest BCUT2D eigenvalue weighted by Crippen LogP contribution is -2.34.